The number of pyridine rings is 1. The van der Waals surface area contributed by atoms with Crippen molar-refractivity contribution in [2.75, 3.05) is 7.05 Å². The lowest BCUT2D eigenvalue weighted by Crippen LogP contribution is -2.24. The van der Waals surface area contributed by atoms with E-state index in [1.165, 1.54) is 31.4 Å². The van der Waals surface area contributed by atoms with Crippen LogP contribution in [-0.4, -0.2) is 40.5 Å². The molecule has 8 nitrogen and oxygen atoms in total. The van der Waals surface area contributed by atoms with Gasteiger partial charge in [-0.1, -0.05) is 6.07 Å². The van der Waals surface area contributed by atoms with E-state index < -0.39 is 44.9 Å². The SMILES string of the molecule is CN(Cc1cn(S(=O)(=O)c2cccc(F)c2)c(-c2cccnc2C#N)c1F)C(=O)O. The third-order valence-corrected chi connectivity index (χ3v) is 5.89. The first-order chi connectivity index (χ1) is 14.2. The van der Waals surface area contributed by atoms with Crippen molar-refractivity contribution < 1.29 is 27.1 Å². The summed E-state index contributed by atoms with van der Waals surface area (Å²) in [7, 11) is -3.30. The van der Waals surface area contributed by atoms with Crippen molar-refractivity contribution in [1.82, 2.24) is 13.9 Å². The Morgan fingerprint density at radius 1 is 1.30 bits per heavy atom. The van der Waals surface area contributed by atoms with Crippen molar-refractivity contribution >= 4 is 16.1 Å². The first-order valence-electron chi connectivity index (χ1n) is 8.37. The zero-order valence-corrected chi connectivity index (χ0v) is 16.3. The number of amides is 1. The fourth-order valence-electron chi connectivity index (χ4n) is 2.80. The zero-order valence-electron chi connectivity index (χ0n) is 15.5. The number of nitriles is 1. The molecule has 0 fully saturated rings. The van der Waals surface area contributed by atoms with E-state index in [9.17, 15) is 22.9 Å². The van der Waals surface area contributed by atoms with Crippen molar-refractivity contribution in [3.05, 3.63) is 71.7 Å². The molecule has 0 unspecified atom stereocenters. The summed E-state index contributed by atoms with van der Waals surface area (Å²) >= 11 is 0. The molecule has 1 amide bonds. The average Bonchev–Trinajstić information content (AvgIpc) is 3.04. The summed E-state index contributed by atoms with van der Waals surface area (Å²) in [6, 6.07) is 8.62. The second-order valence-corrected chi connectivity index (χ2v) is 8.04. The van der Waals surface area contributed by atoms with E-state index in [1.54, 1.807) is 6.07 Å². The minimum absolute atomic E-state index is 0.110. The third-order valence-electron chi connectivity index (χ3n) is 4.24. The van der Waals surface area contributed by atoms with E-state index in [2.05, 4.69) is 4.98 Å². The number of benzene rings is 1. The van der Waals surface area contributed by atoms with Crippen molar-refractivity contribution in [2.24, 2.45) is 0 Å². The molecule has 0 atom stereocenters. The van der Waals surface area contributed by atoms with Gasteiger partial charge >= 0.3 is 6.09 Å². The highest BCUT2D eigenvalue weighted by Gasteiger charge is 2.29. The predicted octanol–water partition coefficient (Wildman–Crippen LogP) is 3.05. The Hall–Kier alpha value is -3.78. The van der Waals surface area contributed by atoms with Crippen LogP contribution in [0.1, 0.15) is 11.3 Å². The van der Waals surface area contributed by atoms with Crippen LogP contribution in [0, 0.1) is 23.0 Å². The number of carboxylic acid groups (broad SMARTS) is 1. The Balaban J connectivity index is 2.31. The second kappa shape index (κ2) is 7.92. The molecule has 3 aromatic rings. The van der Waals surface area contributed by atoms with E-state index in [0.717, 1.165) is 29.3 Å². The molecule has 30 heavy (non-hydrogen) atoms. The Labute approximate surface area is 170 Å². The fraction of sp³-hybridized carbons (Fsp3) is 0.105. The molecule has 3 rings (SSSR count). The van der Waals surface area contributed by atoms with Gasteiger partial charge in [0.2, 0.25) is 0 Å². The molecule has 154 valence electrons. The average molecular weight is 432 g/mol. The normalized spacial score (nSPS) is 11.1. The molecular formula is C19H14F2N4O4S. The molecule has 1 N–H and O–H groups in total. The molecule has 0 radical (unpaired) electrons. The van der Waals surface area contributed by atoms with E-state index in [4.69, 9.17) is 5.11 Å². The Kier molecular flexibility index (Phi) is 5.53. The number of nitrogens with zero attached hydrogens (tertiary/aromatic N) is 4. The number of rotatable bonds is 5. The molecule has 0 saturated carbocycles. The molecule has 2 heterocycles. The van der Waals surface area contributed by atoms with Crippen molar-refractivity contribution in [1.29, 1.82) is 5.26 Å². The smallest absolute Gasteiger partial charge is 0.407 e. The highest BCUT2D eigenvalue weighted by atomic mass is 32.2. The Morgan fingerprint density at radius 3 is 2.67 bits per heavy atom. The van der Waals surface area contributed by atoms with Gasteiger partial charge in [0.25, 0.3) is 10.0 Å². The number of hydrogen-bond acceptors (Lipinski definition) is 5. The molecule has 0 aliphatic heterocycles. The summed E-state index contributed by atoms with van der Waals surface area (Å²) in [6.45, 7) is -0.456. The van der Waals surface area contributed by atoms with Crippen molar-refractivity contribution in [3.8, 4) is 17.3 Å². The molecule has 0 saturated heterocycles. The molecular weight excluding hydrogens is 418 g/mol. The van der Waals surface area contributed by atoms with Crippen LogP contribution in [0.25, 0.3) is 11.3 Å². The molecule has 2 aromatic heterocycles. The maximum atomic E-state index is 15.3. The second-order valence-electron chi connectivity index (χ2n) is 6.23. The van der Waals surface area contributed by atoms with Gasteiger partial charge in [0.1, 0.15) is 23.3 Å². The quantitative estimate of drug-likeness (QED) is 0.662. The van der Waals surface area contributed by atoms with E-state index >= 15 is 4.39 Å². The van der Waals surface area contributed by atoms with Crippen LogP contribution in [0.15, 0.2) is 53.7 Å². The Bertz CT molecular complexity index is 1280. The summed E-state index contributed by atoms with van der Waals surface area (Å²) in [4.78, 5) is 15.3. The van der Waals surface area contributed by atoms with Gasteiger partial charge in [-0.2, -0.15) is 5.26 Å². The van der Waals surface area contributed by atoms with Gasteiger partial charge in [0.15, 0.2) is 5.82 Å². The standard InChI is InChI=1S/C19H14F2N4O4S/c1-24(19(26)27)10-12-11-25(30(28,29)14-5-2-4-13(20)8-14)18(17(12)21)15-6-3-7-23-16(15)9-22/h2-8,11H,10H2,1H3,(H,26,27). The lowest BCUT2D eigenvalue weighted by atomic mass is 10.1. The minimum Gasteiger partial charge on any atom is -0.465 e. The number of aromatic nitrogens is 2. The number of halogens is 2. The van der Waals surface area contributed by atoms with Gasteiger partial charge in [-0.3, -0.25) is 0 Å². The van der Waals surface area contributed by atoms with Crippen molar-refractivity contribution in [2.45, 2.75) is 11.4 Å². The predicted molar refractivity (Wildman–Crippen MR) is 101 cm³/mol. The van der Waals surface area contributed by atoms with Crippen LogP contribution in [0.4, 0.5) is 13.6 Å². The highest BCUT2D eigenvalue weighted by molar-refractivity contribution is 7.90. The number of hydrogen-bond donors (Lipinski definition) is 1. The fourth-order valence-corrected chi connectivity index (χ4v) is 4.22. The van der Waals surface area contributed by atoms with Gasteiger partial charge in [0.05, 0.1) is 11.4 Å². The van der Waals surface area contributed by atoms with Crippen LogP contribution >= 0.6 is 0 Å². The topological polar surface area (TPSA) is 116 Å². The lowest BCUT2D eigenvalue weighted by Gasteiger charge is -2.11. The first kappa shape index (κ1) is 20.9. The van der Waals surface area contributed by atoms with Crippen LogP contribution in [-0.2, 0) is 16.6 Å². The summed E-state index contributed by atoms with van der Waals surface area (Å²) < 4.78 is 55.8. The van der Waals surface area contributed by atoms with Gasteiger partial charge in [-0.25, -0.2) is 30.9 Å². The first-order valence-corrected chi connectivity index (χ1v) is 9.81. The van der Waals surface area contributed by atoms with Crippen LogP contribution in [0.3, 0.4) is 0 Å². The van der Waals surface area contributed by atoms with Gasteiger partial charge in [-0.15, -0.1) is 0 Å². The summed E-state index contributed by atoms with van der Waals surface area (Å²) in [5, 5.41) is 18.4. The van der Waals surface area contributed by atoms with Crippen molar-refractivity contribution in [3.63, 3.8) is 0 Å². The summed E-state index contributed by atoms with van der Waals surface area (Å²) in [6.07, 6.45) is 0.849. The van der Waals surface area contributed by atoms with E-state index in [0.29, 0.717) is 3.97 Å². The molecule has 0 spiro atoms. The Morgan fingerprint density at radius 2 is 2.03 bits per heavy atom. The molecule has 0 aliphatic rings. The zero-order chi connectivity index (χ0) is 22.1. The van der Waals surface area contributed by atoms with Crippen LogP contribution < -0.4 is 0 Å². The minimum atomic E-state index is -4.49. The highest BCUT2D eigenvalue weighted by Crippen LogP contribution is 2.32. The van der Waals surface area contributed by atoms with Gasteiger partial charge < -0.3 is 10.0 Å². The van der Waals surface area contributed by atoms with E-state index in [-0.39, 0.29) is 16.8 Å². The summed E-state index contributed by atoms with van der Waals surface area (Å²) in [5.74, 6) is -1.84. The monoisotopic (exact) mass is 432 g/mol. The third kappa shape index (κ3) is 3.72. The van der Waals surface area contributed by atoms with Crippen LogP contribution in [0.2, 0.25) is 0 Å². The molecule has 0 bridgehead atoms. The van der Waals surface area contributed by atoms with Gasteiger partial charge in [-0.05, 0) is 30.3 Å². The molecule has 1 aromatic carbocycles. The van der Waals surface area contributed by atoms with Crippen LogP contribution in [0.5, 0.6) is 0 Å². The maximum absolute atomic E-state index is 15.3. The maximum Gasteiger partial charge on any atom is 0.407 e. The lowest BCUT2D eigenvalue weighted by molar-refractivity contribution is 0.153. The number of carbonyl (C=O) groups is 1. The molecule has 0 aliphatic carbocycles. The van der Waals surface area contributed by atoms with E-state index in [1.807, 2.05) is 0 Å². The summed E-state index contributed by atoms with van der Waals surface area (Å²) in [5.41, 5.74) is -1.09. The largest absolute Gasteiger partial charge is 0.465 e. The molecule has 11 heteroatoms. The van der Waals surface area contributed by atoms with Gasteiger partial charge in [0, 0.05) is 30.6 Å².